The number of hydrogen-bond donors (Lipinski definition) is 4. The zero-order valence-electron chi connectivity index (χ0n) is 27.3. The molecule has 0 aliphatic carbocycles. The number of aromatic nitrogens is 2. The maximum absolute atomic E-state index is 13.3. The number of carbonyl (C=O) groups excluding carboxylic acids is 3. The van der Waals surface area contributed by atoms with Crippen LogP contribution in [0.1, 0.15) is 69.8 Å². The van der Waals surface area contributed by atoms with E-state index < -0.39 is 11.6 Å². The van der Waals surface area contributed by atoms with Crippen LogP contribution in [-0.2, 0) is 38.2 Å². The molecule has 45 heavy (non-hydrogen) atoms. The van der Waals surface area contributed by atoms with Crippen LogP contribution in [-0.4, -0.2) is 72.1 Å². The first kappa shape index (κ1) is 35.0. The molecule has 1 atom stereocenters. The number of anilines is 1. The van der Waals surface area contributed by atoms with Gasteiger partial charge in [-0.2, -0.15) is 0 Å². The number of benzene rings is 2. The number of rotatable bonds is 16. The fraction of sp³-hybridized carbons (Fsp3) is 0.485. The highest BCUT2D eigenvalue weighted by Gasteiger charge is 2.36. The molecule has 0 saturated heterocycles. The molecule has 0 aliphatic rings. The molecule has 0 bridgehead atoms. The number of amidine groups is 1. The van der Waals surface area contributed by atoms with Crippen molar-refractivity contribution in [2.24, 2.45) is 7.05 Å². The van der Waals surface area contributed by atoms with E-state index in [1.165, 1.54) is 4.90 Å². The molecule has 0 fully saturated rings. The number of amides is 2. The van der Waals surface area contributed by atoms with Crippen LogP contribution in [0.15, 0.2) is 42.5 Å². The summed E-state index contributed by atoms with van der Waals surface area (Å²) < 4.78 is 12.2. The van der Waals surface area contributed by atoms with Crippen molar-refractivity contribution in [3.8, 4) is 0 Å². The fourth-order valence-electron chi connectivity index (χ4n) is 4.95. The third-order valence-electron chi connectivity index (χ3n) is 7.58. The number of fused-ring (bicyclic) bond motifs is 1. The number of likely N-dealkylation sites (N-methyl/N-ethyl adjacent to an activating group) is 1. The Bertz CT molecular complexity index is 1470. The van der Waals surface area contributed by atoms with Crippen molar-refractivity contribution in [2.75, 3.05) is 39.2 Å². The van der Waals surface area contributed by atoms with Crippen molar-refractivity contribution in [2.45, 2.75) is 65.0 Å². The van der Waals surface area contributed by atoms with Crippen molar-refractivity contribution < 1.29 is 23.9 Å². The van der Waals surface area contributed by atoms with Gasteiger partial charge in [0.2, 0.25) is 5.91 Å². The second-order valence-electron chi connectivity index (χ2n) is 11.2. The summed E-state index contributed by atoms with van der Waals surface area (Å²) in [5, 5.41) is 17.3. The monoisotopic (exact) mass is 621 g/mol. The number of esters is 1. The molecule has 1 unspecified atom stereocenters. The highest BCUT2D eigenvalue weighted by Crippen LogP contribution is 2.27. The van der Waals surface area contributed by atoms with Gasteiger partial charge in [0.05, 0.1) is 37.2 Å². The van der Waals surface area contributed by atoms with E-state index in [0.29, 0.717) is 25.3 Å². The Morgan fingerprint density at radius 1 is 1.02 bits per heavy atom. The second-order valence-corrected chi connectivity index (χ2v) is 11.2. The lowest BCUT2D eigenvalue weighted by molar-refractivity contribution is -0.143. The minimum absolute atomic E-state index is 0.0265. The lowest BCUT2D eigenvalue weighted by atomic mass is 9.90. The topological polar surface area (TPSA) is 151 Å². The number of carbonyl (C=O) groups is 3. The van der Waals surface area contributed by atoms with Gasteiger partial charge in [0.1, 0.15) is 17.2 Å². The van der Waals surface area contributed by atoms with Crippen molar-refractivity contribution in [3.05, 3.63) is 59.4 Å². The third kappa shape index (κ3) is 9.52. The Hall–Kier alpha value is -4.45. The van der Waals surface area contributed by atoms with Crippen molar-refractivity contribution in [1.29, 1.82) is 5.41 Å². The van der Waals surface area contributed by atoms with E-state index in [1.54, 1.807) is 33.2 Å². The Kier molecular flexibility index (Phi) is 12.9. The first-order valence-corrected chi connectivity index (χ1v) is 15.4. The quantitative estimate of drug-likeness (QED) is 0.0780. The predicted octanol–water partition coefficient (Wildman–Crippen LogP) is 4.66. The summed E-state index contributed by atoms with van der Waals surface area (Å²) in [6.45, 7) is 7.06. The molecular weight excluding hydrogens is 574 g/mol. The fourth-order valence-corrected chi connectivity index (χ4v) is 4.95. The molecule has 2 amide bonds. The minimum Gasteiger partial charge on any atom is -0.466 e. The van der Waals surface area contributed by atoms with Crippen LogP contribution < -0.4 is 16.0 Å². The van der Waals surface area contributed by atoms with E-state index in [-0.39, 0.29) is 30.7 Å². The molecule has 1 heterocycles. The Morgan fingerprint density at radius 2 is 1.76 bits per heavy atom. The summed E-state index contributed by atoms with van der Waals surface area (Å²) >= 11 is 0. The van der Waals surface area contributed by atoms with Gasteiger partial charge in [-0.15, -0.1) is 0 Å². The van der Waals surface area contributed by atoms with Crippen LogP contribution in [0.5, 0.6) is 0 Å². The molecule has 2 aromatic carbocycles. The highest BCUT2D eigenvalue weighted by molar-refractivity contribution is 6.04. The Labute approximate surface area is 265 Å². The van der Waals surface area contributed by atoms with Crippen LogP contribution in [0.4, 0.5) is 10.5 Å². The van der Waals surface area contributed by atoms with Gasteiger partial charge in [0, 0.05) is 38.9 Å². The van der Waals surface area contributed by atoms with Gasteiger partial charge in [-0.25, -0.2) is 9.78 Å². The first-order chi connectivity index (χ1) is 21.5. The first-order valence-electron chi connectivity index (χ1n) is 15.4. The number of aryl methyl sites for hydroxylation is 1. The highest BCUT2D eigenvalue weighted by atomic mass is 16.5. The van der Waals surface area contributed by atoms with E-state index in [2.05, 4.69) is 22.9 Å². The third-order valence-corrected chi connectivity index (χ3v) is 7.58. The summed E-state index contributed by atoms with van der Waals surface area (Å²) in [5.41, 5.74) is 2.70. The SMILES string of the molecule is CCCCCCOC(=O)NC(=N)c1ccc(NCc2nc3cc(C(C)(NCCC(=O)OCC)C(=O)N(C)C)ccc3n2C)cc1. The van der Waals surface area contributed by atoms with Gasteiger partial charge in [0.15, 0.2) is 0 Å². The van der Waals surface area contributed by atoms with Gasteiger partial charge in [-0.1, -0.05) is 32.3 Å². The molecule has 12 heteroatoms. The maximum atomic E-state index is 13.3. The lowest BCUT2D eigenvalue weighted by Crippen LogP contribution is -2.52. The molecule has 0 aliphatic heterocycles. The van der Waals surface area contributed by atoms with Gasteiger partial charge in [-0.05, 0) is 62.2 Å². The largest absolute Gasteiger partial charge is 0.466 e. The standard InChI is InChI=1S/C33H47N7O5/c1-7-9-10-11-20-45-32(43)38-30(34)23-12-15-25(16-13-23)35-22-28-37-26-21-24(14-17-27(26)40(28)6)33(3,31(42)39(4)5)36-19-18-29(41)44-8-2/h12-17,21,35-36H,7-11,18-20,22H2,1-6H3,(H2,34,38,43). The summed E-state index contributed by atoms with van der Waals surface area (Å²) in [5.74, 6) is 0.300. The number of unbranched alkanes of at least 4 members (excludes halogenated alkanes) is 3. The second kappa shape index (κ2) is 16.6. The molecule has 1 aromatic heterocycles. The lowest BCUT2D eigenvalue weighted by Gasteiger charge is -2.32. The van der Waals surface area contributed by atoms with Crippen LogP contribution in [0.25, 0.3) is 11.0 Å². The summed E-state index contributed by atoms with van der Waals surface area (Å²) in [4.78, 5) is 43.5. The molecule has 3 aromatic rings. The minimum atomic E-state index is -1.07. The smallest absolute Gasteiger partial charge is 0.412 e. The summed E-state index contributed by atoms with van der Waals surface area (Å²) in [6.07, 6.45) is 3.57. The summed E-state index contributed by atoms with van der Waals surface area (Å²) in [6, 6.07) is 12.9. The van der Waals surface area contributed by atoms with Crippen LogP contribution in [0, 0.1) is 5.41 Å². The number of nitrogens with zero attached hydrogens (tertiary/aromatic N) is 3. The molecule has 0 radical (unpaired) electrons. The Morgan fingerprint density at radius 3 is 2.42 bits per heavy atom. The van der Waals surface area contributed by atoms with Gasteiger partial charge in [-0.3, -0.25) is 25.6 Å². The van der Waals surface area contributed by atoms with Crippen LogP contribution in [0.3, 0.4) is 0 Å². The number of nitrogens with one attached hydrogen (secondary N) is 4. The average Bonchev–Trinajstić information content (AvgIpc) is 3.34. The van der Waals surface area contributed by atoms with E-state index in [9.17, 15) is 14.4 Å². The number of ether oxygens (including phenoxy) is 2. The van der Waals surface area contributed by atoms with Crippen LogP contribution in [0.2, 0.25) is 0 Å². The molecule has 12 nitrogen and oxygen atoms in total. The summed E-state index contributed by atoms with van der Waals surface area (Å²) in [7, 11) is 5.34. The molecule has 0 spiro atoms. The van der Waals surface area contributed by atoms with Crippen LogP contribution >= 0.6 is 0 Å². The molecular formula is C33H47N7O5. The predicted molar refractivity (Wildman–Crippen MR) is 175 cm³/mol. The molecule has 244 valence electrons. The van der Waals surface area contributed by atoms with Crippen molar-refractivity contribution in [3.63, 3.8) is 0 Å². The van der Waals surface area contributed by atoms with Gasteiger partial charge >= 0.3 is 12.1 Å². The van der Waals surface area contributed by atoms with E-state index in [0.717, 1.165) is 53.8 Å². The van der Waals surface area contributed by atoms with E-state index >= 15 is 0 Å². The van der Waals surface area contributed by atoms with E-state index in [1.807, 2.05) is 48.9 Å². The molecule has 3 rings (SSSR count). The van der Waals surface area contributed by atoms with Crippen molar-refractivity contribution in [1.82, 2.24) is 25.1 Å². The number of imidazole rings is 1. The normalized spacial score (nSPS) is 12.3. The number of hydrogen-bond acceptors (Lipinski definition) is 9. The van der Waals surface area contributed by atoms with Gasteiger partial charge in [0.25, 0.3) is 0 Å². The van der Waals surface area contributed by atoms with Gasteiger partial charge < -0.3 is 24.3 Å². The zero-order valence-corrected chi connectivity index (χ0v) is 27.3. The zero-order chi connectivity index (χ0) is 33.0. The molecule has 0 saturated carbocycles. The van der Waals surface area contributed by atoms with Crippen molar-refractivity contribution >= 4 is 40.5 Å². The Balaban J connectivity index is 1.66. The average molecular weight is 622 g/mol. The molecule has 4 N–H and O–H groups in total. The number of alkyl carbamates (subject to hydrolysis) is 1. The van der Waals surface area contributed by atoms with E-state index in [4.69, 9.17) is 19.9 Å². The maximum Gasteiger partial charge on any atom is 0.412 e.